The quantitative estimate of drug-likeness (QED) is 0.829. The molecule has 1 aromatic rings. The Kier molecular flexibility index (Phi) is 3.21. The highest BCUT2D eigenvalue weighted by molar-refractivity contribution is 7.11. The summed E-state index contributed by atoms with van der Waals surface area (Å²) in [5.41, 5.74) is -0.710. The maximum Gasteiger partial charge on any atom is 0.434 e. The van der Waals surface area contributed by atoms with Gasteiger partial charge in [-0.1, -0.05) is 0 Å². The van der Waals surface area contributed by atoms with Gasteiger partial charge >= 0.3 is 6.18 Å². The predicted molar refractivity (Wildman–Crippen MR) is 56.7 cm³/mol. The van der Waals surface area contributed by atoms with E-state index in [9.17, 15) is 13.2 Å². The van der Waals surface area contributed by atoms with Gasteiger partial charge in [-0.25, -0.2) is 4.98 Å². The number of hydrogen-bond donors (Lipinski definition) is 1. The van der Waals surface area contributed by atoms with E-state index in [1.54, 1.807) is 0 Å². The lowest BCUT2D eigenvalue weighted by atomic mass is 10.0. The Hall–Kier alpha value is -0.620. The molecule has 0 aromatic carbocycles. The van der Waals surface area contributed by atoms with Gasteiger partial charge in [-0.15, -0.1) is 11.3 Å². The number of aryl methyl sites for hydroxylation is 1. The largest absolute Gasteiger partial charge is 0.434 e. The molecule has 2 rings (SSSR count). The zero-order valence-electron chi connectivity index (χ0n) is 8.90. The van der Waals surface area contributed by atoms with E-state index in [2.05, 4.69) is 10.3 Å². The van der Waals surface area contributed by atoms with Crippen LogP contribution >= 0.6 is 11.3 Å². The lowest BCUT2D eigenvalue weighted by Crippen LogP contribution is -2.28. The van der Waals surface area contributed by atoms with E-state index < -0.39 is 11.9 Å². The van der Waals surface area contributed by atoms with Crippen LogP contribution in [-0.4, -0.2) is 18.1 Å². The number of thiazole rings is 1. The highest BCUT2D eigenvalue weighted by Gasteiger charge is 2.37. The van der Waals surface area contributed by atoms with Gasteiger partial charge in [0.05, 0.1) is 5.01 Å². The minimum atomic E-state index is -4.32. The summed E-state index contributed by atoms with van der Waals surface area (Å²) in [5.74, 6) is 0.147. The molecule has 1 atom stereocenters. The number of nitrogens with zero attached hydrogens (tertiary/aromatic N) is 1. The third-order valence-corrected chi connectivity index (χ3v) is 3.86. The average molecular weight is 250 g/mol. The molecule has 0 saturated carbocycles. The Balaban J connectivity index is 2.23. The first-order chi connectivity index (χ1) is 7.48. The summed E-state index contributed by atoms with van der Waals surface area (Å²) in [4.78, 5) is 4.03. The van der Waals surface area contributed by atoms with Crippen LogP contribution in [0.2, 0.25) is 0 Å². The molecule has 2 nitrogen and oxygen atoms in total. The molecular weight excluding hydrogens is 237 g/mol. The molecule has 1 aliphatic rings. The van der Waals surface area contributed by atoms with E-state index in [1.165, 1.54) is 18.3 Å². The average Bonchev–Trinajstić information content (AvgIpc) is 2.61. The van der Waals surface area contributed by atoms with Gasteiger partial charge in [-0.05, 0) is 26.3 Å². The molecule has 1 N–H and O–H groups in total. The first kappa shape index (κ1) is 11.9. The Morgan fingerprint density at radius 3 is 2.69 bits per heavy atom. The molecule has 6 heteroatoms. The van der Waals surface area contributed by atoms with Gasteiger partial charge in [0.25, 0.3) is 0 Å². The van der Waals surface area contributed by atoms with Crippen molar-refractivity contribution in [3.63, 3.8) is 0 Å². The van der Waals surface area contributed by atoms with Crippen LogP contribution in [0.4, 0.5) is 13.2 Å². The van der Waals surface area contributed by atoms with E-state index in [0.29, 0.717) is 5.01 Å². The maximum absolute atomic E-state index is 12.6. The van der Waals surface area contributed by atoms with Crippen LogP contribution in [-0.2, 0) is 6.18 Å². The van der Waals surface area contributed by atoms with Gasteiger partial charge in [0.15, 0.2) is 5.69 Å². The summed E-state index contributed by atoms with van der Waals surface area (Å²) in [6.45, 7) is 3.18. The smallest absolute Gasteiger partial charge is 0.316 e. The molecule has 90 valence electrons. The van der Waals surface area contributed by atoms with Crippen LogP contribution < -0.4 is 5.32 Å². The zero-order valence-corrected chi connectivity index (χ0v) is 9.71. The molecule has 2 heterocycles. The third kappa shape index (κ3) is 2.38. The first-order valence-electron chi connectivity index (χ1n) is 5.23. The number of aromatic nitrogens is 1. The van der Waals surface area contributed by atoms with Crippen molar-refractivity contribution >= 4 is 11.3 Å². The van der Waals surface area contributed by atoms with Gasteiger partial charge < -0.3 is 5.32 Å². The van der Waals surface area contributed by atoms with Crippen molar-refractivity contribution in [2.24, 2.45) is 0 Å². The Labute approximate surface area is 95.9 Å². The Bertz CT molecular complexity index is 367. The number of hydrogen-bond acceptors (Lipinski definition) is 3. The number of alkyl halides is 3. The van der Waals surface area contributed by atoms with Gasteiger partial charge in [-0.2, -0.15) is 13.2 Å². The van der Waals surface area contributed by atoms with Gasteiger partial charge in [0.2, 0.25) is 0 Å². The summed E-state index contributed by atoms with van der Waals surface area (Å²) < 4.78 is 37.7. The molecule has 0 spiro atoms. The van der Waals surface area contributed by atoms with E-state index in [1.807, 2.05) is 0 Å². The molecule has 0 amide bonds. The highest BCUT2D eigenvalue weighted by atomic mass is 32.1. The number of piperidine rings is 1. The second-order valence-corrected chi connectivity index (χ2v) is 5.23. The third-order valence-electron chi connectivity index (χ3n) is 2.73. The lowest BCUT2D eigenvalue weighted by molar-refractivity contribution is -0.141. The van der Waals surface area contributed by atoms with E-state index in [0.717, 1.165) is 25.9 Å². The van der Waals surface area contributed by atoms with Crippen molar-refractivity contribution in [1.29, 1.82) is 0 Å². The van der Waals surface area contributed by atoms with Crippen molar-refractivity contribution in [2.75, 3.05) is 13.1 Å². The van der Waals surface area contributed by atoms with Crippen LogP contribution in [0.1, 0.15) is 34.3 Å². The van der Waals surface area contributed by atoms with E-state index in [-0.39, 0.29) is 10.8 Å². The van der Waals surface area contributed by atoms with Crippen LogP contribution in [0.25, 0.3) is 0 Å². The predicted octanol–water partition coefficient (Wildman–Crippen LogP) is 2.94. The van der Waals surface area contributed by atoms with Crippen molar-refractivity contribution in [3.8, 4) is 0 Å². The molecule has 1 fully saturated rings. The second kappa shape index (κ2) is 4.33. The molecule has 1 aliphatic heterocycles. The highest BCUT2D eigenvalue weighted by Crippen LogP contribution is 2.37. The number of nitrogens with one attached hydrogen (secondary N) is 1. The molecule has 1 aromatic heterocycles. The van der Waals surface area contributed by atoms with Crippen molar-refractivity contribution < 1.29 is 13.2 Å². The normalized spacial score (nSPS) is 22.4. The summed E-state index contributed by atoms with van der Waals surface area (Å²) in [5, 5.41) is 3.81. The molecular formula is C10H13F3N2S. The van der Waals surface area contributed by atoms with Gasteiger partial charge in [0, 0.05) is 17.3 Å². The van der Waals surface area contributed by atoms with E-state index >= 15 is 0 Å². The molecule has 0 bridgehead atoms. The standard InChI is InChI=1S/C10H13F3N2S/c1-6-8(10(11,12)13)15-9(16-6)7-3-2-4-14-5-7/h7,14H,2-5H2,1H3. The topological polar surface area (TPSA) is 24.9 Å². The first-order valence-corrected chi connectivity index (χ1v) is 6.05. The second-order valence-electron chi connectivity index (χ2n) is 4.00. The van der Waals surface area contributed by atoms with Crippen molar-refractivity contribution in [3.05, 3.63) is 15.6 Å². The molecule has 1 unspecified atom stereocenters. The lowest BCUT2D eigenvalue weighted by Gasteiger charge is -2.20. The minimum Gasteiger partial charge on any atom is -0.316 e. The maximum atomic E-state index is 12.6. The summed E-state index contributed by atoms with van der Waals surface area (Å²) in [7, 11) is 0. The fourth-order valence-corrected chi connectivity index (χ4v) is 2.99. The van der Waals surface area contributed by atoms with Crippen LogP contribution in [0.3, 0.4) is 0 Å². The van der Waals surface area contributed by atoms with Gasteiger partial charge in [0.1, 0.15) is 0 Å². The number of rotatable bonds is 1. The van der Waals surface area contributed by atoms with Crippen molar-refractivity contribution in [2.45, 2.75) is 31.9 Å². The Morgan fingerprint density at radius 1 is 1.44 bits per heavy atom. The van der Waals surface area contributed by atoms with E-state index in [4.69, 9.17) is 0 Å². The molecule has 1 saturated heterocycles. The summed E-state index contributed by atoms with van der Waals surface area (Å²) in [6.07, 6.45) is -2.39. The monoisotopic (exact) mass is 250 g/mol. The zero-order chi connectivity index (χ0) is 11.8. The van der Waals surface area contributed by atoms with Crippen LogP contribution in [0, 0.1) is 6.92 Å². The fourth-order valence-electron chi connectivity index (χ4n) is 1.92. The summed E-state index contributed by atoms with van der Waals surface area (Å²) >= 11 is 1.18. The minimum absolute atomic E-state index is 0.147. The van der Waals surface area contributed by atoms with Crippen molar-refractivity contribution in [1.82, 2.24) is 10.3 Å². The molecule has 16 heavy (non-hydrogen) atoms. The van der Waals surface area contributed by atoms with Gasteiger partial charge in [-0.3, -0.25) is 0 Å². The molecule has 0 aliphatic carbocycles. The van der Waals surface area contributed by atoms with Crippen LogP contribution in [0.5, 0.6) is 0 Å². The SMILES string of the molecule is Cc1sc(C2CCCNC2)nc1C(F)(F)F. The number of halogens is 3. The molecule has 0 radical (unpaired) electrons. The van der Waals surface area contributed by atoms with Crippen LogP contribution in [0.15, 0.2) is 0 Å². The fraction of sp³-hybridized carbons (Fsp3) is 0.700. The summed E-state index contributed by atoms with van der Waals surface area (Å²) in [6, 6.07) is 0. The Morgan fingerprint density at radius 2 is 2.19 bits per heavy atom.